The van der Waals surface area contributed by atoms with Crippen molar-refractivity contribution in [1.82, 2.24) is 0 Å². The monoisotopic (exact) mass is 436 g/mol. The summed E-state index contributed by atoms with van der Waals surface area (Å²) in [4.78, 5) is 12.4. The van der Waals surface area contributed by atoms with E-state index in [0.29, 0.717) is 27.8 Å². The molecule has 0 fully saturated rings. The SMILES string of the molecule is COc1ccc(C=C(C#N)C(=O)Nc2ccc(F)cc2)cc1OCc1ccc(Cl)cc1. The molecule has 0 unspecified atom stereocenters. The second-order valence-corrected chi connectivity index (χ2v) is 6.89. The average Bonchev–Trinajstić information content (AvgIpc) is 2.78. The van der Waals surface area contributed by atoms with Crippen molar-refractivity contribution in [3.8, 4) is 17.6 Å². The lowest BCUT2D eigenvalue weighted by molar-refractivity contribution is -0.112. The summed E-state index contributed by atoms with van der Waals surface area (Å²) in [7, 11) is 1.52. The van der Waals surface area contributed by atoms with Gasteiger partial charge in [-0.25, -0.2) is 4.39 Å². The van der Waals surface area contributed by atoms with E-state index in [1.54, 1.807) is 30.3 Å². The first-order valence-corrected chi connectivity index (χ1v) is 9.60. The van der Waals surface area contributed by atoms with Gasteiger partial charge in [0.05, 0.1) is 7.11 Å². The molecule has 0 spiro atoms. The molecule has 7 heteroatoms. The van der Waals surface area contributed by atoms with E-state index in [-0.39, 0.29) is 12.2 Å². The zero-order chi connectivity index (χ0) is 22.2. The van der Waals surface area contributed by atoms with Crippen LogP contribution in [-0.2, 0) is 11.4 Å². The maximum atomic E-state index is 13.0. The average molecular weight is 437 g/mol. The number of carbonyl (C=O) groups excluding carboxylic acids is 1. The van der Waals surface area contributed by atoms with Crippen LogP contribution in [-0.4, -0.2) is 13.0 Å². The second kappa shape index (κ2) is 10.3. The zero-order valence-electron chi connectivity index (χ0n) is 16.6. The van der Waals surface area contributed by atoms with Gasteiger partial charge in [0.25, 0.3) is 5.91 Å². The molecule has 0 saturated carbocycles. The van der Waals surface area contributed by atoms with E-state index in [0.717, 1.165) is 5.56 Å². The smallest absolute Gasteiger partial charge is 0.266 e. The highest BCUT2D eigenvalue weighted by atomic mass is 35.5. The first-order valence-electron chi connectivity index (χ1n) is 9.22. The molecule has 3 aromatic rings. The Labute approximate surface area is 184 Å². The van der Waals surface area contributed by atoms with E-state index < -0.39 is 11.7 Å². The minimum Gasteiger partial charge on any atom is -0.493 e. The van der Waals surface area contributed by atoms with Gasteiger partial charge in [-0.05, 0) is 65.7 Å². The Morgan fingerprint density at radius 2 is 1.81 bits per heavy atom. The molecule has 1 amide bonds. The van der Waals surface area contributed by atoms with E-state index >= 15 is 0 Å². The number of amides is 1. The lowest BCUT2D eigenvalue weighted by Gasteiger charge is -2.12. The first-order chi connectivity index (χ1) is 15.0. The number of anilines is 1. The molecule has 1 N–H and O–H groups in total. The molecule has 0 bridgehead atoms. The van der Waals surface area contributed by atoms with Crippen LogP contribution in [0.4, 0.5) is 10.1 Å². The van der Waals surface area contributed by atoms with E-state index in [9.17, 15) is 14.4 Å². The van der Waals surface area contributed by atoms with Gasteiger partial charge in [0.1, 0.15) is 24.1 Å². The quantitative estimate of drug-likeness (QED) is 0.386. The molecule has 3 rings (SSSR count). The normalized spacial score (nSPS) is 10.8. The number of ether oxygens (including phenoxy) is 2. The number of carbonyl (C=O) groups is 1. The van der Waals surface area contributed by atoms with E-state index in [1.165, 1.54) is 37.5 Å². The summed E-state index contributed by atoms with van der Waals surface area (Å²) < 4.78 is 24.2. The molecule has 0 heterocycles. The Bertz CT molecular complexity index is 1140. The molecule has 0 atom stereocenters. The molecular weight excluding hydrogens is 419 g/mol. The van der Waals surface area contributed by atoms with Gasteiger partial charge in [-0.3, -0.25) is 4.79 Å². The third kappa shape index (κ3) is 6.08. The van der Waals surface area contributed by atoms with Gasteiger partial charge >= 0.3 is 0 Å². The molecule has 31 heavy (non-hydrogen) atoms. The molecule has 5 nitrogen and oxygen atoms in total. The molecule has 0 aliphatic heterocycles. The Morgan fingerprint density at radius 1 is 1.10 bits per heavy atom. The van der Waals surface area contributed by atoms with Crippen molar-refractivity contribution in [2.45, 2.75) is 6.61 Å². The maximum Gasteiger partial charge on any atom is 0.266 e. The number of hydrogen-bond donors (Lipinski definition) is 1. The fraction of sp³-hybridized carbons (Fsp3) is 0.0833. The number of hydrogen-bond acceptors (Lipinski definition) is 4. The van der Waals surface area contributed by atoms with Crippen molar-refractivity contribution in [3.05, 3.63) is 94.3 Å². The van der Waals surface area contributed by atoms with Crippen molar-refractivity contribution in [2.24, 2.45) is 0 Å². The standard InChI is InChI=1S/C24H18ClFN2O3/c1-30-22-11-4-17(13-23(22)31-15-16-2-5-19(25)6-3-16)12-18(14-27)24(29)28-21-9-7-20(26)8-10-21/h2-13H,15H2,1H3,(H,28,29). The second-order valence-electron chi connectivity index (χ2n) is 6.46. The van der Waals surface area contributed by atoms with E-state index in [2.05, 4.69) is 5.32 Å². The van der Waals surface area contributed by atoms with Crippen LogP contribution in [0.5, 0.6) is 11.5 Å². The third-order valence-electron chi connectivity index (χ3n) is 4.27. The van der Waals surface area contributed by atoms with E-state index in [4.69, 9.17) is 21.1 Å². The van der Waals surface area contributed by atoms with Gasteiger partial charge in [-0.2, -0.15) is 5.26 Å². The van der Waals surface area contributed by atoms with Crippen LogP contribution in [0.3, 0.4) is 0 Å². The lowest BCUT2D eigenvalue weighted by atomic mass is 10.1. The summed E-state index contributed by atoms with van der Waals surface area (Å²) in [6.07, 6.45) is 1.44. The zero-order valence-corrected chi connectivity index (χ0v) is 17.3. The van der Waals surface area contributed by atoms with Gasteiger partial charge in [0.2, 0.25) is 0 Å². The van der Waals surface area contributed by atoms with Crippen LogP contribution < -0.4 is 14.8 Å². The van der Waals surface area contributed by atoms with Crippen molar-refractivity contribution in [3.63, 3.8) is 0 Å². The summed E-state index contributed by atoms with van der Waals surface area (Å²) in [6.45, 7) is 0.289. The summed E-state index contributed by atoms with van der Waals surface area (Å²) in [5.41, 5.74) is 1.77. The number of nitriles is 1. The van der Waals surface area contributed by atoms with Gasteiger partial charge in [0, 0.05) is 10.7 Å². The van der Waals surface area contributed by atoms with Crippen molar-refractivity contribution >= 4 is 29.3 Å². The minimum absolute atomic E-state index is 0.113. The molecule has 0 aromatic heterocycles. The Hall–Kier alpha value is -3.82. The maximum absolute atomic E-state index is 13.0. The fourth-order valence-corrected chi connectivity index (χ4v) is 2.81. The van der Waals surface area contributed by atoms with Crippen LogP contribution in [0.1, 0.15) is 11.1 Å². The number of rotatable bonds is 7. The van der Waals surface area contributed by atoms with E-state index in [1.807, 2.05) is 18.2 Å². The van der Waals surface area contributed by atoms with Gasteiger partial charge < -0.3 is 14.8 Å². The van der Waals surface area contributed by atoms with Crippen molar-refractivity contribution in [1.29, 1.82) is 5.26 Å². The predicted molar refractivity (Wildman–Crippen MR) is 117 cm³/mol. The summed E-state index contributed by atoms with van der Waals surface area (Å²) >= 11 is 5.90. The van der Waals surface area contributed by atoms with Crippen LogP contribution >= 0.6 is 11.6 Å². The molecular formula is C24H18ClFN2O3. The molecule has 3 aromatic carbocycles. The number of methoxy groups -OCH3 is 1. The van der Waals surface area contributed by atoms with Crippen LogP contribution in [0.25, 0.3) is 6.08 Å². The fourth-order valence-electron chi connectivity index (χ4n) is 2.68. The first kappa shape index (κ1) is 21.9. The van der Waals surface area contributed by atoms with Gasteiger partial charge in [0.15, 0.2) is 11.5 Å². The number of nitrogens with one attached hydrogen (secondary N) is 1. The number of nitrogens with zero attached hydrogens (tertiary/aromatic N) is 1. The highest BCUT2D eigenvalue weighted by molar-refractivity contribution is 6.30. The minimum atomic E-state index is -0.603. The van der Waals surface area contributed by atoms with Crippen LogP contribution in [0, 0.1) is 17.1 Å². The lowest BCUT2D eigenvalue weighted by Crippen LogP contribution is -2.13. The topological polar surface area (TPSA) is 71.3 Å². The Morgan fingerprint density at radius 3 is 2.45 bits per heavy atom. The third-order valence-corrected chi connectivity index (χ3v) is 4.53. The molecule has 0 radical (unpaired) electrons. The molecule has 156 valence electrons. The van der Waals surface area contributed by atoms with Gasteiger partial charge in [-0.1, -0.05) is 29.8 Å². The number of benzene rings is 3. The van der Waals surface area contributed by atoms with Gasteiger partial charge in [-0.15, -0.1) is 0 Å². The largest absolute Gasteiger partial charge is 0.493 e. The highest BCUT2D eigenvalue weighted by Crippen LogP contribution is 2.30. The highest BCUT2D eigenvalue weighted by Gasteiger charge is 2.12. The predicted octanol–water partition coefficient (Wildman–Crippen LogP) is 5.61. The number of halogens is 2. The van der Waals surface area contributed by atoms with Crippen LogP contribution in [0.15, 0.2) is 72.3 Å². The summed E-state index contributed by atoms with van der Waals surface area (Å²) in [5.74, 6) is -0.0465. The Balaban J connectivity index is 1.78. The summed E-state index contributed by atoms with van der Waals surface area (Å²) in [6, 6.07) is 19.5. The molecule has 0 saturated heterocycles. The van der Waals surface area contributed by atoms with Crippen molar-refractivity contribution in [2.75, 3.05) is 12.4 Å². The van der Waals surface area contributed by atoms with Crippen LogP contribution in [0.2, 0.25) is 5.02 Å². The van der Waals surface area contributed by atoms with Crippen molar-refractivity contribution < 1.29 is 18.7 Å². The molecule has 0 aliphatic carbocycles. The summed E-state index contributed by atoms with van der Waals surface area (Å²) in [5, 5.41) is 12.6. The molecule has 0 aliphatic rings. The Kier molecular flexibility index (Phi) is 7.26.